The van der Waals surface area contributed by atoms with E-state index in [0.717, 1.165) is 60.3 Å². The van der Waals surface area contributed by atoms with Gasteiger partial charge in [-0.25, -0.2) is 15.0 Å². The Morgan fingerprint density at radius 3 is 2.88 bits per heavy atom. The molecule has 0 aromatic carbocycles. The molecule has 4 aromatic rings. The van der Waals surface area contributed by atoms with Crippen LogP contribution in [0.5, 0.6) is 5.88 Å². The van der Waals surface area contributed by atoms with Crippen LogP contribution in [0.3, 0.4) is 0 Å². The number of thiophene rings is 2. The van der Waals surface area contributed by atoms with Crippen LogP contribution in [0.2, 0.25) is 0 Å². The molecule has 0 amide bonds. The van der Waals surface area contributed by atoms with Crippen LogP contribution in [0.25, 0.3) is 20.7 Å². The molecular formula is C23H25N5O2S2. The highest BCUT2D eigenvalue weighted by atomic mass is 32.1. The van der Waals surface area contributed by atoms with Crippen LogP contribution in [0.15, 0.2) is 41.2 Å². The first-order chi connectivity index (χ1) is 15.8. The van der Waals surface area contributed by atoms with Crippen molar-refractivity contribution in [2.75, 3.05) is 38.2 Å². The minimum Gasteiger partial charge on any atom is -0.478 e. The molecule has 0 atom stereocenters. The average Bonchev–Trinajstić information content (AvgIpc) is 3.49. The number of nitrogens with one attached hydrogen (secondary N) is 1. The van der Waals surface area contributed by atoms with Crippen LogP contribution >= 0.6 is 22.7 Å². The summed E-state index contributed by atoms with van der Waals surface area (Å²) in [5, 5.41) is 8.93. The second-order valence-electron chi connectivity index (χ2n) is 7.44. The van der Waals surface area contributed by atoms with Gasteiger partial charge in [-0.3, -0.25) is 4.90 Å². The van der Waals surface area contributed by atoms with Crippen molar-refractivity contribution in [3.8, 4) is 16.3 Å². The Hall–Kier alpha value is -2.59. The molecule has 1 aliphatic heterocycles. The van der Waals surface area contributed by atoms with Gasteiger partial charge in [-0.2, -0.15) is 0 Å². The van der Waals surface area contributed by atoms with Crippen molar-refractivity contribution in [1.82, 2.24) is 19.9 Å². The average molecular weight is 468 g/mol. The number of aromatic nitrogens is 3. The maximum Gasteiger partial charge on any atom is 0.218 e. The number of morpholine rings is 1. The smallest absolute Gasteiger partial charge is 0.218 e. The molecule has 9 heteroatoms. The summed E-state index contributed by atoms with van der Waals surface area (Å²) >= 11 is 3.40. The van der Waals surface area contributed by atoms with Gasteiger partial charge in [0.2, 0.25) is 5.88 Å². The van der Waals surface area contributed by atoms with Gasteiger partial charge in [0.25, 0.3) is 0 Å². The summed E-state index contributed by atoms with van der Waals surface area (Å²) in [5.74, 6) is 2.34. The van der Waals surface area contributed by atoms with Gasteiger partial charge in [0.05, 0.1) is 31.8 Å². The first-order valence-electron chi connectivity index (χ1n) is 10.7. The lowest BCUT2D eigenvalue weighted by Crippen LogP contribution is -2.36. The molecule has 1 saturated heterocycles. The second-order valence-corrected chi connectivity index (χ2v) is 9.24. The number of rotatable bonds is 8. The zero-order valence-electron chi connectivity index (χ0n) is 17.9. The van der Waals surface area contributed by atoms with E-state index in [9.17, 15) is 0 Å². The highest BCUT2D eigenvalue weighted by Gasteiger charge is 2.19. The summed E-state index contributed by atoms with van der Waals surface area (Å²) in [6.45, 7) is 7.18. The van der Waals surface area contributed by atoms with Crippen molar-refractivity contribution >= 4 is 38.7 Å². The third kappa shape index (κ3) is 4.61. The highest BCUT2D eigenvalue weighted by Crippen LogP contribution is 2.39. The van der Waals surface area contributed by atoms with Gasteiger partial charge < -0.3 is 14.8 Å². The molecule has 32 heavy (non-hydrogen) atoms. The summed E-state index contributed by atoms with van der Waals surface area (Å²) in [6.07, 6.45) is 1.76. The third-order valence-corrected chi connectivity index (χ3v) is 7.09. The Morgan fingerprint density at radius 2 is 2.06 bits per heavy atom. The Balaban J connectivity index is 1.50. The molecule has 0 spiro atoms. The number of hydrogen-bond donors (Lipinski definition) is 1. The van der Waals surface area contributed by atoms with Crippen molar-refractivity contribution in [1.29, 1.82) is 0 Å². The molecule has 0 bridgehead atoms. The zero-order valence-corrected chi connectivity index (χ0v) is 19.5. The van der Waals surface area contributed by atoms with Crippen molar-refractivity contribution in [3.63, 3.8) is 0 Å². The lowest BCUT2D eigenvalue weighted by Gasteiger charge is -2.25. The van der Waals surface area contributed by atoms with Crippen molar-refractivity contribution in [3.05, 3.63) is 52.6 Å². The second kappa shape index (κ2) is 9.91. The largest absolute Gasteiger partial charge is 0.478 e. The van der Waals surface area contributed by atoms with E-state index in [1.165, 1.54) is 10.4 Å². The maximum absolute atomic E-state index is 5.71. The van der Waals surface area contributed by atoms with E-state index < -0.39 is 0 Å². The van der Waals surface area contributed by atoms with Crippen molar-refractivity contribution in [2.45, 2.75) is 20.0 Å². The molecule has 0 unspecified atom stereocenters. The van der Waals surface area contributed by atoms with Crippen molar-refractivity contribution < 1.29 is 9.47 Å². The molecule has 1 aliphatic rings. The minimum atomic E-state index is 0.575. The molecular weight excluding hydrogens is 442 g/mol. The fourth-order valence-electron chi connectivity index (χ4n) is 3.76. The van der Waals surface area contributed by atoms with Gasteiger partial charge >= 0.3 is 0 Å². The van der Waals surface area contributed by atoms with E-state index in [1.54, 1.807) is 28.9 Å². The molecule has 0 radical (unpaired) electrons. The minimum absolute atomic E-state index is 0.575. The van der Waals surface area contributed by atoms with Gasteiger partial charge in [-0.05, 0) is 24.4 Å². The van der Waals surface area contributed by atoms with E-state index in [1.807, 2.05) is 19.1 Å². The van der Waals surface area contributed by atoms with Crippen LogP contribution in [0, 0.1) is 0 Å². The number of fused-ring (bicyclic) bond motifs is 1. The fraction of sp³-hybridized carbons (Fsp3) is 0.348. The SMILES string of the molecule is CCOc1ncccc1CNc1nc(CN2CCOCC2)nc2scc(-c3cccs3)c12. The summed E-state index contributed by atoms with van der Waals surface area (Å²) in [6, 6.07) is 8.19. The number of ether oxygens (including phenoxy) is 2. The monoisotopic (exact) mass is 467 g/mol. The molecule has 0 aliphatic carbocycles. The van der Waals surface area contributed by atoms with Crippen LogP contribution < -0.4 is 10.1 Å². The lowest BCUT2D eigenvalue weighted by atomic mass is 10.2. The molecule has 4 aromatic heterocycles. The predicted octanol–water partition coefficient (Wildman–Crippen LogP) is 4.66. The Bertz CT molecular complexity index is 1170. The molecule has 7 nitrogen and oxygen atoms in total. The quantitative estimate of drug-likeness (QED) is 0.404. The van der Waals surface area contributed by atoms with Gasteiger partial charge in [0, 0.05) is 47.2 Å². The molecule has 166 valence electrons. The first kappa shape index (κ1) is 21.3. The van der Waals surface area contributed by atoms with Gasteiger partial charge in [-0.15, -0.1) is 22.7 Å². The Morgan fingerprint density at radius 1 is 1.16 bits per heavy atom. The van der Waals surface area contributed by atoms with Gasteiger partial charge in [0.15, 0.2) is 0 Å². The number of anilines is 1. The van der Waals surface area contributed by atoms with E-state index >= 15 is 0 Å². The maximum atomic E-state index is 5.71. The summed E-state index contributed by atoms with van der Waals surface area (Å²) in [7, 11) is 0. The number of nitrogens with zero attached hydrogens (tertiary/aromatic N) is 4. The van der Waals surface area contributed by atoms with E-state index in [0.29, 0.717) is 19.0 Å². The molecule has 1 fully saturated rings. The normalized spacial score (nSPS) is 14.7. The summed E-state index contributed by atoms with van der Waals surface area (Å²) in [5.41, 5.74) is 2.18. The molecule has 0 saturated carbocycles. The topological polar surface area (TPSA) is 72.4 Å². The van der Waals surface area contributed by atoms with Crippen LogP contribution in [-0.4, -0.2) is 52.8 Å². The first-order valence-corrected chi connectivity index (χ1v) is 12.5. The molecule has 1 N–H and O–H groups in total. The third-order valence-electron chi connectivity index (χ3n) is 5.31. The van der Waals surface area contributed by atoms with E-state index in [4.69, 9.17) is 19.4 Å². The predicted molar refractivity (Wildman–Crippen MR) is 130 cm³/mol. The zero-order chi connectivity index (χ0) is 21.8. The fourth-order valence-corrected chi connectivity index (χ4v) is 5.54. The van der Waals surface area contributed by atoms with Crippen LogP contribution in [0.1, 0.15) is 18.3 Å². The highest BCUT2D eigenvalue weighted by molar-refractivity contribution is 7.18. The van der Waals surface area contributed by atoms with E-state index in [2.05, 4.69) is 38.1 Å². The number of hydrogen-bond acceptors (Lipinski definition) is 9. The lowest BCUT2D eigenvalue weighted by molar-refractivity contribution is 0.0331. The standard InChI is InChI=1S/C23H25N5O2S2/c1-2-30-22-16(5-3-7-24-22)13-25-21-20-17(18-6-4-12-31-18)15-32-23(20)27-19(26-21)14-28-8-10-29-11-9-28/h3-7,12,15H,2,8-11,13-14H2,1H3,(H,25,26,27). The Kier molecular flexibility index (Phi) is 6.59. The van der Waals surface area contributed by atoms with Gasteiger partial charge in [0.1, 0.15) is 16.5 Å². The molecule has 5 rings (SSSR count). The van der Waals surface area contributed by atoms with Crippen LogP contribution in [-0.2, 0) is 17.8 Å². The summed E-state index contributed by atoms with van der Waals surface area (Å²) in [4.78, 5) is 18.8. The van der Waals surface area contributed by atoms with Crippen molar-refractivity contribution in [2.24, 2.45) is 0 Å². The molecule has 5 heterocycles. The van der Waals surface area contributed by atoms with Crippen LogP contribution in [0.4, 0.5) is 5.82 Å². The summed E-state index contributed by atoms with van der Waals surface area (Å²) < 4.78 is 11.2. The van der Waals surface area contributed by atoms with Gasteiger partial charge in [-0.1, -0.05) is 12.1 Å². The van der Waals surface area contributed by atoms with E-state index in [-0.39, 0.29) is 0 Å². The number of pyridine rings is 1. The Labute approximate surface area is 195 Å².